The summed E-state index contributed by atoms with van der Waals surface area (Å²) < 4.78 is 5.99. The zero-order valence-corrected chi connectivity index (χ0v) is 9.78. The van der Waals surface area contributed by atoms with Gasteiger partial charge in [0.25, 0.3) is 0 Å². The van der Waals surface area contributed by atoms with Gasteiger partial charge >= 0.3 is 0 Å². The van der Waals surface area contributed by atoms with Crippen molar-refractivity contribution in [1.82, 2.24) is 0 Å². The van der Waals surface area contributed by atoms with E-state index in [2.05, 4.69) is 31.2 Å². The fraction of sp³-hybridized carbons (Fsp3) is 0.571. The summed E-state index contributed by atoms with van der Waals surface area (Å²) in [5.74, 6) is 0. The quantitative estimate of drug-likeness (QED) is 0.823. The van der Waals surface area contributed by atoms with Crippen LogP contribution in [-0.4, -0.2) is 18.8 Å². The Balaban J connectivity index is 2.02. The molecule has 3 unspecified atom stereocenters. The van der Waals surface area contributed by atoms with Crippen LogP contribution in [0.3, 0.4) is 0 Å². The Morgan fingerprint density at radius 1 is 1.44 bits per heavy atom. The Kier molecular flexibility index (Phi) is 2.30. The summed E-state index contributed by atoms with van der Waals surface area (Å²) in [5, 5.41) is 0. The summed E-state index contributed by atoms with van der Waals surface area (Å²) in [6.07, 6.45) is 4.31. The van der Waals surface area contributed by atoms with Gasteiger partial charge in [0.1, 0.15) is 0 Å². The summed E-state index contributed by atoms with van der Waals surface area (Å²) in [4.78, 5) is 0. The zero-order chi connectivity index (χ0) is 11.2. The molecule has 3 rings (SSSR count). The maximum absolute atomic E-state index is 6.06. The molecule has 0 amide bonds. The number of benzene rings is 1. The molecule has 1 aromatic rings. The molecule has 2 nitrogen and oxygen atoms in total. The second kappa shape index (κ2) is 3.57. The number of hydrogen-bond donors (Lipinski definition) is 1. The van der Waals surface area contributed by atoms with Crippen LogP contribution in [0.4, 0.5) is 0 Å². The summed E-state index contributed by atoms with van der Waals surface area (Å²) in [6, 6.07) is 8.76. The van der Waals surface area contributed by atoms with Crippen molar-refractivity contribution in [1.29, 1.82) is 0 Å². The number of rotatable bonds is 2. The van der Waals surface area contributed by atoms with E-state index in [0.29, 0.717) is 18.8 Å². The van der Waals surface area contributed by atoms with E-state index in [1.165, 1.54) is 24.0 Å². The first-order chi connectivity index (χ1) is 7.74. The van der Waals surface area contributed by atoms with Crippen LogP contribution in [-0.2, 0) is 10.2 Å². The molecule has 0 aromatic heterocycles. The number of fused-ring (bicyclic) bond motifs is 2. The molecule has 2 saturated heterocycles. The van der Waals surface area contributed by atoms with E-state index in [9.17, 15) is 0 Å². The van der Waals surface area contributed by atoms with Crippen molar-refractivity contribution >= 4 is 0 Å². The molecular weight excluding hydrogens is 198 g/mol. The molecule has 2 heterocycles. The van der Waals surface area contributed by atoms with Crippen molar-refractivity contribution in [3.05, 3.63) is 35.4 Å². The number of nitrogens with two attached hydrogens (primary N) is 1. The van der Waals surface area contributed by atoms with Gasteiger partial charge in [-0.25, -0.2) is 0 Å². The lowest BCUT2D eigenvalue weighted by atomic mass is 9.69. The van der Waals surface area contributed by atoms with Crippen molar-refractivity contribution in [2.24, 2.45) is 5.73 Å². The molecule has 16 heavy (non-hydrogen) atoms. The molecular formula is C14H19NO. The smallest absolute Gasteiger partial charge is 0.0689 e. The third-order valence-corrected chi connectivity index (χ3v) is 4.27. The third-order valence-electron chi connectivity index (χ3n) is 4.27. The SMILES string of the molecule is Cc1cccc(C2(CN)CC3CCC2O3)c1. The van der Waals surface area contributed by atoms with Crippen molar-refractivity contribution in [2.75, 3.05) is 6.54 Å². The second-order valence-corrected chi connectivity index (χ2v) is 5.26. The van der Waals surface area contributed by atoms with Gasteiger partial charge in [0.05, 0.1) is 12.2 Å². The van der Waals surface area contributed by atoms with E-state index in [4.69, 9.17) is 10.5 Å². The Morgan fingerprint density at radius 2 is 2.31 bits per heavy atom. The first kappa shape index (κ1) is 10.3. The summed E-state index contributed by atoms with van der Waals surface area (Å²) in [6.45, 7) is 2.85. The Bertz CT molecular complexity index is 403. The number of ether oxygens (including phenoxy) is 1. The normalized spacial score (nSPS) is 36.9. The van der Waals surface area contributed by atoms with E-state index in [1.54, 1.807) is 0 Å². The minimum absolute atomic E-state index is 0.0922. The van der Waals surface area contributed by atoms with Crippen LogP contribution in [0.1, 0.15) is 30.4 Å². The predicted octanol–water partition coefficient (Wildman–Crippen LogP) is 2.14. The molecule has 2 fully saturated rings. The second-order valence-electron chi connectivity index (χ2n) is 5.26. The van der Waals surface area contributed by atoms with Crippen molar-refractivity contribution in [3.8, 4) is 0 Å². The summed E-state index contributed by atoms with van der Waals surface area (Å²) in [5.41, 5.74) is 8.84. The minimum Gasteiger partial charge on any atom is -0.374 e. The van der Waals surface area contributed by atoms with Crippen LogP contribution in [0.25, 0.3) is 0 Å². The van der Waals surface area contributed by atoms with Gasteiger partial charge in [0, 0.05) is 12.0 Å². The lowest BCUT2D eigenvalue weighted by Crippen LogP contribution is -2.43. The van der Waals surface area contributed by atoms with Gasteiger partial charge in [-0.3, -0.25) is 0 Å². The Labute approximate surface area is 96.8 Å². The largest absolute Gasteiger partial charge is 0.374 e. The fourth-order valence-corrected chi connectivity index (χ4v) is 3.39. The Hall–Kier alpha value is -0.860. The molecule has 1 aromatic carbocycles. The van der Waals surface area contributed by atoms with Crippen LogP contribution in [0, 0.1) is 6.92 Å². The predicted molar refractivity (Wildman–Crippen MR) is 64.4 cm³/mol. The highest BCUT2D eigenvalue weighted by Crippen LogP contribution is 2.48. The molecule has 2 aliphatic heterocycles. The van der Waals surface area contributed by atoms with Crippen molar-refractivity contribution in [2.45, 2.75) is 43.8 Å². The van der Waals surface area contributed by atoms with Gasteiger partial charge < -0.3 is 10.5 Å². The fourth-order valence-electron chi connectivity index (χ4n) is 3.39. The van der Waals surface area contributed by atoms with Crippen LogP contribution < -0.4 is 5.73 Å². The van der Waals surface area contributed by atoms with Crippen LogP contribution in [0.5, 0.6) is 0 Å². The minimum atomic E-state index is 0.0922. The van der Waals surface area contributed by atoms with Gasteiger partial charge in [-0.1, -0.05) is 29.8 Å². The molecule has 0 radical (unpaired) electrons. The highest BCUT2D eigenvalue weighted by molar-refractivity contribution is 5.34. The molecule has 2 heteroatoms. The highest BCUT2D eigenvalue weighted by Gasteiger charge is 2.52. The van der Waals surface area contributed by atoms with Crippen LogP contribution in [0.2, 0.25) is 0 Å². The van der Waals surface area contributed by atoms with Crippen LogP contribution in [0.15, 0.2) is 24.3 Å². The third kappa shape index (κ3) is 1.33. The average molecular weight is 217 g/mol. The first-order valence-electron chi connectivity index (χ1n) is 6.17. The van der Waals surface area contributed by atoms with Gasteiger partial charge in [-0.15, -0.1) is 0 Å². The summed E-state index contributed by atoms with van der Waals surface area (Å²) in [7, 11) is 0. The van der Waals surface area contributed by atoms with E-state index < -0.39 is 0 Å². The topological polar surface area (TPSA) is 35.2 Å². The molecule has 0 saturated carbocycles. The van der Waals surface area contributed by atoms with Gasteiger partial charge in [0.15, 0.2) is 0 Å². The monoisotopic (exact) mass is 217 g/mol. The molecule has 2 bridgehead atoms. The van der Waals surface area contributed by atoms with Gasteiger partial charge in [-0.2, -0.15) is 0 Å². The molecule has 86 valence electrons. The maximum Gasteiger partial charge on any atom is 0.0689 e. The van der Waals surface area contributed by atoms with Crippen LogP contribution >= 0.6 is 0 Å². The number of aryl methyl sites for hydroxylation is 1. The standard InChI is InChI=1S/C14H19NO/c1-10-3-2-4-11(7-10)14(9-15)8-12-5-6-13(14)16-12/h2-4,7,12-13H,5-6,8-9,15H2,1H3. The maximum atomic E-state index is 6.06. The van der Waals surface area contributed by atoms with Gasteiger partial charge in [-0.05, 0) is 31.7 Å². The van der Waals surface area contributed by atoms with Crippen molar-refractivity contribution < 1.29 is 4.74 Å². The van der Waals surface area contributed by atoms with E-state index in [1.807, 2.05) is 0 Å². The zero-order valence-electron chi connectivity index (χ0n) is 9.78. The Morgan fingerprint density at radius 3 is 2.88 bits per heavy atom. The highest BCUT2D eigenvalue weighted by atomic mass is 16.5. The average Bonchev–Trinajstić information content (AvgIpc) is 2.89. The van der Waals surface area contributed by atoms with E-state index in [-0.39, 0.29) is 5.41 Å². The van der Waals surface area contributed by atoms with Crippen molar-refractivity contribution in [3.63, 3.8) is 0 Å². The van der Waals surface area contributed by atoms with E-state index >= 15 is 0 Å². The van der Waals surface area contributed by atoms with E-state index in [0.717, 1.165) is 6.42 Å². The molecule has 3 atom stereocenters. The molecule has 2 aliphatic rings. The molecule has 0 spiro atoms. The van der Waals surface area contributed by atoms with Gasteiger partial charge in [0.2, 0.25) is 0 Å². The lowest BCUT2D eigenvalue weighted by Gasteiger charge is -2.34. The summed E-state index contributed by atoms with van der Waals surface area (Å²) >= 11 is 0. The molecule has 2 N–H and O–H groups in total. The number of hydrogen-bond acceptors (Lipinski definition) is 2. The molecule has 0 aliphatic carbocycles. The lowest BCUT2D eigenvalue weighted by molar-refractivity contribution is 0.0857. The first-order valence-corrected chi connectivity index (χ1v) is 6.17.